The van der Waals surface area contributed by atoms with E-state index in [0.717, 1.165) is 50.1 Å². The standard InChI is InChI=1S/C70H38F3N7/c71-70(72,73)69-67(79-63-29-25-52(47-17-9-43(39-74)10-18-47)33-57(63)58-34-53(26-30-64(58)79)48-19-11-44(40-75)12-20-48)37-56(62-8-4-7-61(78-62)51-5-2-1-3-6-51)38-68(69)80-65-31-27-54(49-21-13-45(41-76)14-22-49)35-59(65)60-36-55(28-32-66(60)80)50-23-15-46(42-77)16-24-50/h1-38H. The Kier molecular flexibility index (Phi) is 11.7. The van der Waals surface area contributed by atoms with Gasteiger partial charge in [-0.1, -0.05) is 109 Å². The summed E-state index contributed by atoms with van der Waals surface area (Å²) in [7, 11) is 0. The fourth-order valence-corrected chi connectivity index (χ4v) is 11.0. The Morgan fingerprint density at radius 2 is 0.600 bits per heavy atom. The molecule has 3 aromatic heterocycles. The molecule has 0 aliphatic carbocycles. The highest BCUT2D eigenvalue weighted by atomic mass is 19.4. The summed E-state index contributed by atoms with van der Waals surface area (Å²) in [5.74, 6) is 0. The maximum Gasteiger partial charge on any atom is 0.420 e. The van der Waals surface area contributed by atoms with E-state index >= 15 is 13.2 Å². The highest BCUT2D eigenvalue weighted by molar-refractivity contribution is 6.14. The molecule has 0 bridgehead atoms. The van der Waals surface area contributed by atoms with Crippen molar-refractivity contribution in [3.05, 3.63) is 258 Å². The third-order valence-electron chi connectivity index (χ3n) is 14.9. The molecule has 0 N–H and O–H groups in total. The second-order valence-electron chi connectivity index (χ2n) is 19.5. The second-order valence-corrected chi connectivity index (χ2v) is 19.5. The quantitative estimate of drug-likeness (QED) is 0.150. The monoisotopic (exact) mass is 1030 g/mol. The van der Waals surface area contributed by atoms with E-state index in [1.807, 2.05) is 170 Å². The number of pyridine rings is 1. The van der Waals surface area contributed by atoms with Crippen LogP contribution in [0.5, 0.6) is 0 Å². The molecule has 374 valence electrons. The van der Waals surface area contributed by atoms with Crippen LogP contribution in [-0.4, -0.2) is 14.1 Å². The molecule has 0 aliphatic heterocycles. The van der Waals surface area contributed by atoms with Gasteiger partial charge in [0.05, 0.1) is 91.4 Å². The van der Waals surface area contributed by atoms with Crippen molar-refractivity contribution in [3.8, 4) is 103 Å². The van der Waals surface area contributed by atoms with Gasteiger partial charge in [-0.3, -0.25) is 0 Å². The molecule has 0 aliphatic rings. The van der Waals surface area contributed by atoms with Crippen molar-refractivity contribution in [1.82, 2.24) is 14.1 Å². The first-order valence-electron chi connectivity index (χ1n) is 25.5. The summed E-state index contributed by atoms with van der Waals surface area (Å²) < 4.78 is 54.9. The highest BCUT2D eigenvalue weighted by Gasteiger charge is 2.40. The average Bonchev–Trinajstić information content (AvgIpc) is 4.19. The van der Waals surface area contributed by atoms with E-state index in [1.54, 1.807) is 69.8 Å². The second kappa shape index (κ2) is 19.4. The Hall–Kier alpha value is -11.3. The van der Waals surface area contributed by atoms with Crippen LogP contribution in [0.25, 0.3) is 122 Å². The van der Waals surface area contributed by atoms with Crippen LogP contribution in [0.15, 0.2) is 231 Å². The van der Waals surface area contributed by atoms with Gasteiger partial charge in [0.1, 0.15) is 5.56 Å². The SMILES string of the molecule is N#Cc1ccc(-c2ccc3c(c2)c2cc(-c4ccc(C#N)cc4)ccc2n3-c2cc(-c3cccc(-c4ccccc4)n3)cc(-n3c4ccc(-c5ccc(C#N)cc5)cc4c4cc(-c5ccc(C#N)cc5)ccc43)c2C(F)(F)F)cc1. The van der Waals surface area contributed by atoms with Gasteiger partial charge in [-0.2, -0.15) is 34.2 Å². The van der Waals surface area contributed by atoms with Gasteiger partial charge in [0.15, 0.2) is 0 Å². The lowest BCUT2D eigenvalue weighted by molar-refractivity contribution is -0.137. The van der Waals surface area contributed by atoms with Crippen LogP contribution in [0.1, 0.15) is 27.8 Å². The van der Waals surface area contributed by atoms with Crippen molar-refractivity contribution in [2.75, 3.05) is 0 Å². The molecule has 13 rings (SSSR count). The maximum absolute atomic E-state index is 17.2. The number of rotatable bonds is 8. The summed E-state index contributed by atoms with van der Waals surface area (Å²) in [5.41, 5.74) is 11.9. The van der Waals surface area contributed by atoms with E-state index < -0.39 is 11.7 Å². The largest absolute Gasteiger partial charge is 0.420 e. The number of fused-ring (bicyclic) bond motifs is 6. The Morgan fingerprint density at radius 1 is 0.300 bits per heavy atom. The molecule has 0 saturated heterocycles. The maximum atomic E-state index is 17.2. The minimum Gasteiger partial charge on any atom is -0.309 e. The third-order valence-corrected chi connectivity index (χ3v) is 14.9. The highest BCUT2D eigenvalue weighted by Crippen LogP contribution is 2.48. The van der Waals surface area contributed by atoms with E-state index in [2.05, 4.69) is 24.3 Å². The first-order chi connectivity index (χ1) is 39.1. The van der Waals surface area contributed by atoms with Gasteiger partial charge in [0, 0.05) is 32.7 Å². The molecule has 0 radical (unpaired) electrons. The van der Waals surface area contributed by atoms with Crippen LogP contribution in [0.2, 0.25) is 0 Å². The molecule has 13 aromatic rings. The zero-order chi connectivity index (χ0) is 54.6. The van der Waals surface area contributed by atoms with Crippen LogP contribution < -0.4 is 0 Å². The van der Waals surface area contributed by atoms with Crippen molar-refractivity contribution in [1.29, 1.82) is 21.0 Å². The fourth-order valence-electron chi connectivity index (χ4n) is 11.0. The van der Waals surface area contributed by atoms with Crippen molar-refractivity contribution in [3.63, 3.8) is 0 Å². The van der Waals surface area contributed by atoms with E-state index in [-0.39, 0.29) is 11.4 Å². The molecule has 10 heteroatoms. The van der Waals surface area contributed by atoms with Gasteiger partial charge in [-0.25, -0.2) is 4.98 Å². The van der Waals surface area contributed by atoms with Crippen LogP contribution in [-0.2, 0) is 6.18 Å². The predicted octanol–water partition coefficient (Wildman–Crippen LogP) is 17.8. The summed E-state index contributed by atoms with van der Waals surface area (Å²) in [6.07, 6.45) is -4.95. The Morgan fingerprint density at radius 3 is 0.900 bits per heavy atom. The zero-order valence-corrected chi connectivity index (χ0v) is 42.2. The van der Waals surface area contributed by atoms with Crippen molar-refractivity contribution >= 4 is 43.6 Å². The minimum atomic E-state index is -4.95. The van der Waals surface area contributed by atoms with Crippen molar-refractivity contribution in [2.24, 2.45) is 0 Å². The van der Waals surface area contributed by atoms with Gasteiger partial charge in [-0.05, 0) is 166 Å². The first-order valence-corrected chi connectivity index (χ1v) is 25.5. The summed E-state index contributed by atoms with van der Waals surface area (Å²) >= 11 is 0. The molecule has 0 spiro atoms. The molecular weight excluding hydrogens is 996 g/mol. The molecule has 0 saturated carbocycles. The lowest BCUT2D eigenvalue weighted by Gasteiger charge is -2.23. The number of benzene rings is 10. The van der Waals surface area contributed by atoms with Gasteiger partial charge >= 0.3 is 6.18 Å². The molecule has 0 amide bonds. The molecule has 7 nitrogen and oxygen atoms in total. The Balaban J connectivity index is 1.14. The molecule has 0 unspecified atom stereocenters. The molecule has 0 atom stereocenters. The van der Waals surface area contributed by atoms with Gasteiger partial charge < -0.3 is 9.13 Å². The lowest BCUT2D eigenvalue weighted by Crippen LogP contribution is -2.16. The number of halogens is 3. The van der Waals surface area contributed by atoms with Crippen molar-refractivity contribution < 1.29 is 13.2 Å². The van der Waals surface area contributed by atoms with Gasteiger partial charge in [0.2, 0.25) is 0 Å². The average molecular weight is 1030 g/mol. The summed E-state index contributed by atoms with van der Waals surface area (Å²) in [5, 5.41) is 41.2. The summed E-state index contributed by atoms with van der Waals surface area (Å²) in [4.78, 5) is 5.15. The topological polar surface area (TPSA) is 118 Å². The number of hydrogen-bond acceptors (Lipinski definition) is 5. The Labute approximate surface area is 457 Å². The first kappa shape index (κ1) is 48.3. The molecule has 3 heterocycles. The van der Waals surface area contributed by atoms with E-state index in [1.165, 1.54) is 0 Å². The van der Waals surface area contributed by atoms with Crippen molar-refractivity contribution in [2.45, 2.75) is 6.18 Å². The number of hydrogen-bond donors (Lipinski definition) is 0. The predicted molar refractivity (Wildman–Crippen MR) is 309 cm³/mol. The fraction of sp³-hybridized carbons (Fsp3) is 0.0143. The lowest BCUT2D eigenvalue weighted by atomic mass is 9.99. The molecule has 0 fully saturated rings. The van der Waals surface area contributed by atoms with Crippen LogP contribution in [0, 0.1) is 45.3 Å². The molecular formula is C70H38F3N7. The number of nitriles is 4. The molecule has 10 aromatic carbocycles. The summed E-state index contributed by atoms with van der Waals surface area (Å²) in [6, 6.07) is 79.0. The zero-order valence-electron chi connectivity index (χ0n) is 42.2. The van der Waals surface area contributed by atoms with Gasteiger partial charge in [-0.15, -0.1) is 0 Å². The van der Waals surface area contributed by atoms with Crippen LogP contribution >= 0.6 is 0 Å². The normalized spacial score (nSPS) is 11.4. The van der Waals surface area contributed by atoms with Crippen LogP contribution in [0.3, 0.4) is 0 Å². The van der Waals surface area contributed by atoms with E-state index in [9.17, 15) is 21.0 Å². The number of aromatic nitrogens is 3. The van der Waals surface area contributed by atoms with Gasteiger partial charge in [0.25, 0.3) is 0 Å². The van der Waals surface area contributed by atoms with Crippen LogP contribution in [0.4, 0.5) is 13.2 Å². The third kappa shape index (κ3) is 8.44. The number of nitrogens with zero attached hydrogens (tertiary/aromatic N) is 7. The van der Waals surface area contributed by atoms with E-state index in [0.29, 0.717) is 82.8 Å². The minimum absolute atomic E-state index is 0.118. The smallest absolute Gasteiger partial charge is 0.309 e. The number of alkyl halides is 3. The molecule has 80 heavy (non-hydrogen) atoms. The summed E-state index contributed by atoms with van der Waals surface area (Å²) in [6.45, 7) is 0. The Bertz CT molecular complexity index is 4330. The van der Waals surface area contributed by atoms with E-state index in [4.69, 9.17) is 4.98 Å².